The van der Waals surface area contributed by atoms with Gasteiger partial charge in [0.05, 0.1) is 5.92 Å². The van der Waals surface area contributed by atoms with Crippen molar-refractivity contribution in [2.24, 2.45) is 5.92 Å². The second kappa shape index (κ2) is 3.35. The summed E-state index contributed by atoms with van der Waals surface area (Å²) in [6, 6.07) is -1.09. The predicted octanol–water partition coefficient (Wildman–Crippen LogP) is 2.16. The molecule has 0 bridgehead atoms. The molecule has 3 nitrogen and oxygen atoms in total. The molecular formula is C7H8F3NO2. The first kappa shape index (κ1) is 10.0. The minimum atomic E-state index is -4.36. The molecule has 0 radical (unpaired) electrons. The second-order valence-corrected chi connectivity index (χ2v) is 2.99. The Bertz CT molecular complexity index is 236. The number of hydrogen-bond donors (Lipinski definition) is 0. The summed E-state index contributed by atoms with van der Waals surface area (Å²) in [6.07, 6.45) is -2.47. The van der Waals surface area contributed by atoms with Crippen LogP contribution in [0.2, 0.25) is 0 Å². The molecule has 0 spiro atoms. The van der Waals surface area contributed by atoms with Crippen molar-refractivity contribution >= 4 is 0 Å². The summed E-state index contributed by atoms with van der Waals surface area (Å²) < 4.78 is 36.3. The summed E-state index contributed by atoms with van der Waals surface area (Å²) in [5, 5.41) is 10.2. The minimum absolute atomic E-state index is 0.0968. The van der Waals surface area contributed by atoms with E-state index in [0.29, 0.717) is 0 Å². The van der Waals surface area contributed by atoms with Crippen LogP contribution in [0.4, 0.5) is 13.2 Å². The molecule has 0 heterocycles. The minimum Gasteiger partial charge on any atom is -0.264 e. The Hall–Kier alpha value is -1.07. The van der Waals surface area contributed by atoms with E-state index in [1.165, 1.54) is 6.08 Å². The number of nitro groups is 1. The third-order valence-electron chi connectivity index (χ3n) is 2.02. The highest BCUT2D eigenvalue weighted by Gasteiger charge is 2.42. The lowest BCUT2D eigenvalue weighted by molar-refractivity contribution is -0.525. The summed E-state index contributed by atoms with van der Waals surface area (Å²) in [5.74, 6) is -1.66. The van der Waals surface area contributed by atoms with Gasteiger partial charge in [-0.15, -0.1) is 0 Å². The molecule has 1 rings (SSSR count). The van der Waals surface area contributed by atoms with Crippen molar-refractivity contribution in [1.82, 2.24) is 0 Å². The van der Waals surface area contributed by atoms with Crippen LogP contribution in [-0.4, -0.2) is 17.1 Å². The van der Waals surface area contributed by atoms with E-state index in [4.69, 9.17) is 0 Å². The molecule has 74 valence electrons. The van der Waals surface area contributed by atoms with Crippen molar-refractivity contribution in [1.29, 1.82) is 0 Å². The highest BCUT2D eigenvalue weighted by Crippen LogP contribution is 2.34. The van der Waals surface area contributed by atoms with Crippen LogP contribution in [0.15, 0.2) is 12.2 Å². The summed E-state index contributed by atoms with van der Waals surface area (Å²) in [6.45, 7) is 0. The molecule has 0 saturated heterocycles. The average Bonchev–Trinajstić information content (AvgIpc) is 2.03. The molecule has 0 aromatic carbocycles. The van der Waals surface area contributed by atoms with Crippen LogP contribution in [0.3, 0.4) is 0 Å². The SMILES string of the molecule is O=[N+]([O-])C1CC=CC(C(F)(F)F)C1. The molecule has 0 aliphatic heterocycles. The topological polar surface area (TPSA) is 43.1 Å². The molecule has 0 amide bonds. The maximum Gasteiger partial charge on any atom is 0.395 e. The van der Waals surface area contributed by atoms with E-state index >= 15 is 0 Å². The lowest BCUT2D eigenvalue weighted by Crippen LogP contribution is -2.31. The lowest BCUT2D eigenvalue weighted by Gasteiger charge is -2.21. The summed E-state index contributed by atoms with van der Waals surface area (Å²) >= 11 is 0. The van der Waals surface area contributed by atoms with Crippen LogP contribution in [0.5, 0.6) is 0 Å². The molecule has 0 aromatic heterocycles. The van der Waals surface area contributed by atoms with Gasteiger partial charge in [0.15, 0.2) is 0 Å². The standard InChI is InChI=1S/C7H8F3NO2/c8-7(9,10)5-2-1-3-6(4-5)11(12)13/h1-2,5-6H,3-4H2. The lowest BCUT2D eigenvalue weighted by atomic mass is 9.92. The first-order chi connectivity index (χ1) is 5.91. The van der Waals surface area contributed by atoms with Crippen molar-refractivity contribution < 1.29 is 18.1 Å². The van der Waals surface area contributed by atoms with Gasteiger partial charge in [-0.05, 0) is 0 Å². The van der Waals surface area contributed by atoms with Crippen LogP contribution < -0.4 is 0 Å². The number of rotatable bonds is 1. The zero-order valence-electron chi connectivity index (χ0n) is 6.62. The average molecular weight is 195 g/mol. The van der Waals surface area contributed by atoms with E-state index in [9.17, 15) is 23.3 Å². The number of halogens is 3. The maximum atomic E-state index is 12.1. The smallest absolute Gasteiger partial charge is 0.264 e. The van der Waals surface area contributed by atoms with Gasteiger partial charge in [0.1, 0.15) is 0 Å². The molecule has 6 heteroatoms. The van der Waals surface area contributed by atoms with E-state index in [1.807, 2.05) is 0 Å². The number of allylic oxidation sites excluding steroid dienone is 1. The quantitative estimate of drug-likeness (QED) is 0.365. The van der Waals surface area contributed by atoms with E-state index in [-0.39, 0.29) is 6.42 Å². The van der Waals surface area contributed by atoms with Crippen molar-refractivity contribution in [3.8, 4) is 0 Å². The van der Waals surface area contributed by atoms with Gasteiger partial charge < -0.3 is 0 Å². The van der Waals surface area contributed by atoms with Crippen LogP contribution in [0.25, 0.3) is 0 Å². The molecule has 2 unspecified atom stereocenters. The van der Waals surface area contributed by atoms with Crippen molar-refractivity contribution in [2.75, 3.05) is 0 Å². The van der Waals surface area contributed by atoms with E-state index in [0.717, 1.165) is 6.08 Å². The highest BCUT2D eigenvalue weighted by molar-refractivity contribution is 4.99. The normalized spacial score (nSPS) is 28.8. The Morgan fingerprint density at radius 1 is 1.46 bits per heavy atom. The van der Waals surface area contributed by atoms with Crippen molar-refractivity contribution in [3.05, 3.63) is 22.3 Å². The zero-order valence-corrected chi connectivity index (χ0v) is 6.62. The molecule has 13 heavy (non-hydrogen) atoms. The Morgan fingerprint density at radius 3 is 2.54 bits per heavy atom. The molecule has 0 saturated carbocycles. The van der Waals surface area contributed by atoms with Gasteiger partial charge in [-0.2, -0.15) is 13.2 Å². The molecular weight excluding hydrogens is 187 g/mol. The zero-order chi connectivity index (χ0) is 10.1. The van der Waals surface area contributed by atoms with Crippen LogP contribution >= 0.6 is 0 Å². The van der Waals surface area contributed by atoms with Gasteiger partial charge in [0.2, 0.25) is 6.04 Å². The fraction of sp³-hybridized carbons (Fsp3) is 0.714. The maximum absolute atomic E-state index is 12.1. The van der Waals surface area contributed by atoms with Gasteiger partial charge in [-0.3, -0.25) is 10.1 Å². The second-order valence-electron chi connectivity index (χ2n) is 2.99. The first-order valence-electron chi connectivity index (χ1n) is 3.78. The third-order valence-corrected chi connectivity index (χ3v) is 2.02. The fourth-order valence-electron chi connectivity index (χ4n) is 1.28. The molecule has 0 fully saturated rings. The summed E-state index contributed by atoms with van der Waals surface area (Å²) in [5.41, 5.74) is 0. The van der Waals surface area contributed by atoms with Gasteiger partial charge in [-0.1, -0.05) is 12.2 Å². The Morgan fingerprint density at radius 2 is 2.08 bits per heavy atom. The van der Waals surface area contributed by atoms with Gasteiger partial charge in [-0.25, -0.2) is 0 Å². The molecule has 2 atom stereocenters. The third kappa shape index (κ3) is 2.43. The van der Waals surface area contributed by atoms with Crippen molar-refractivity contribution in [3.63, 3.8) is 0 Å². The summed E-state index contributed by atoms with van der Waals surface area (Å²) in [7, 11) is 0. The molecule has 0 N–H and O–H groups in total. The van der Waals surface area contributed by atoms with E-state index < -0.39 is 29.5 Å². The van der Waals surface area contributed by atoms with Crippen molar-refractivity contribution in [2.45, 2.75) is 25.1 Å². The predicted molar refractivity (Wildman–Crippen MR) is 38.7 cm³/mol. The molecule has 0 aromatic rings. The number of alkyl halides is 3. The Kier molecular flexibility index (Phi) is 2.58. The fourth-order valence-corrected chi connectivity index (χ4v) is 1.28. The monoisotopic (exact) mass is 195 g/mol. The van der Waals surface area contributed by atoms with Gasteiger partial charge in [0, 0.05) is 17.8 Å². The number of nitrogens with zero attached hydrogens (tertiary/aromatic N) is 1. The Balaban J connectivity index is 2.67. The van der Waals surface area contributed by atoms with Crippen LogP contribution in [-0.2, 0) is 0 Å². The van der Waals surface area contributed by atoms with E-state index in [2.05, 4.69) is 0 Å². The van der Waals surface area contributed by atoms with Gasteiger partial charge in [0.25, 0.3) is 0 Å². The van der Waals surface area contributed by atoms with Crippen LogP contribution in [0.1, 0.15) is 12.8 Å². The highest BCUT2D eigenvalue weighted by atomic mass is 19.4. The van der Waals surface area contributed by atoms with E-state index in [1.54, 1.807) is 0 Å². The largest absolute Gasteiger partial charge is 0.395 e. The summed E-state index contributed by atoms with van der Waals surface area (Å²) in [4.78, 5) is 9.58. The van der Waals surface area contributed by atoms with Crippen LogP contribution in [0, 0.1) is 16.0 Å². The van der Waals surface area contributed by atoms with Gasteiger partial charge >= 0.3 is 6.18 Å². The molecule has 1 aliphatic rings. The Labute approximate surface area is 72.4 Å². The molecule has 1 aliphatic carbocycles. The number of hydrogen-bond acceptors (Lipinski definition) is 2. The first-order valence-corrected chi connectivity index (χ1v) is 3.78.